The Labute approximate surface area is 166 Å². The minimum Gasteiger partial charge on any atom is -0.354 e. The Hall–Kier alpha value is -3.11. The van der Waals surface area contributed by atoms with Crippen molar-refractivity contribution in [2.45, 2.75) is 18.6 Å². The number of aryl methyl sites for hydroxylation is 1. The van der Waals surface area contributed by atoms with Crippen LogP contribution >= 0.6 is 11.8 Å². The average Bonchev–Trinajstić information content (AvgIpc) is 3.00. The summed E-state index contributed by atoms with van der Waals surface area (Å²) in [5.41, 5.74) is 2.32. The van der Waals surface area contributed by atoms with Crippen molar-refractivity contribution >= 4 is 29.3 Å². The van der Waals surface area contributed by atoms with Gasteiger partial charge in [-0.05, 0) is 43.2 Å². The predicted molar refractivity (Wildman–Crippen MR) is 107 cm³/mol. The number of nitrogens with one attached hydrogen (secondary N) is 1. The van der Waals surface area contributed by atoms with Crippen molar-refractivity contribution in [3.8, 4) is 6.07 Å². The summed E-state index contributed by atoms with van der Waals surface area (Å²) in [6, 6.07) is 15.2. The molecule has 1 saturated heterocycles. The van der Waals surface area contributed by atoms with Crippen LogP contribution < -0.4 is 10.2 Å². The van der Waals surface area contributed by atoms with Gasteiger partial charge in [0.05, 0.1) is 5.25 Å². The van der Waals surface area contributed by atoms with Crippen molar-refractivity contribution in [3.05, 3.63) is 76.1 Å². The lowest BCUT2D eigenvalue weighted by molar-refractivity contribution is -0.117. The lowest BCUT2D eigenvalue weighted by atomic mass is 10.1. The van der Waals surface area contributed by atoms with Gasteiger partial charge in [0, 0.05) is 12.7 Å². The number of thioether (sulfide) groups is 1. The molecule has 3 rings (SSSR count). The van der Waals surface area contributed by atoms with Gasteiger partial charge < -0.3 is 5.32 Å². The molecule has 2 aromatic rings. The first-order valence-corrected chi connectivity index (χ1v) is 9.50. The van der Waals surface area contributed by atoms with E-state index in [2.05, 4.69) is 5.32 Å². The maximum Gasteiger partial charge on any atom is 0.264 e. The molecule has 5 nitrogen and oxygen atoms in total. The van der Waals surface area contributed by atoms with Crippen LogP contribution in [0.1, 0.15) is 11.1 Å². The van der Waals surface area contributed by atoms with Crippen LogP contribution in [0.4, 0.5) is 10.1 Å². The SMILES string of the molecule is CNC(=O)/C(C#N)=C1\SC(Cc2ccc(F)cc2)C(=O)N1c1ccc(C)cc1. The van der Waals surface area contributed by atoms with Crippen LogP contribution in [-0.2, 0) is 16.0 Å². The Morgan fingerprint density at radius 1 is 1.21 bits per heavy atom. The highest BCUT2D eigenvalue weighted by Gasteiger charge is 2.40. The molecule has 0 saturated carbocycles. The Balaban J connectivity index is 2.03. The fourth-order valence-electron chi connectivity index (χ4n) is 2.88. The van der Waals surface area contributed by atoms with Crippen LogP contribution in [0, 0.1) is 24.1 Å². The monoisotopic (exact) mass is 395 g/mol. The zero-order valence-electron chi connectivity index (χ0n) is 15.4. The highest BCUT2D eigenvalue weighted by Crippen LogP contribution is 2.41. The van der Waals surface area contributed by atoms with E-state index in [1.54, 1.807) is 24.3 Å². The third-order valence-corrected chi connectivity index (χ3v) is 5.62. The summed E-state index contributed by atoms with van der Waals surface area (Å²) in [5, 5.41) is 11.8. The number of halogens is 1. The molecular formula is C21H18FN3O2S. The number of hydrogen-bond acceptors (Lipinski definition) is 4. The van der Waals surface area contributed by atoms with Crippen LogP contribution in [0.5, 0.6) is 0 Å². The second-order valence-electron chi connectivity index (χ2n) is 6.32. The number of nitriles is 1. The first kappa shape index (κ1) is 19.6. The molecule has 28 heavy (non-hydrogen) atoms. The van der Waals surface area contributed by atoms with Crippen molar-refractivity contribution < 1.29 is 14.0 Å². The van der Waals surface area contributed by atoms with Crippen LogP contribution in [0.3, 0.4) is 0 Å². The molecule has 2 aromatic carbocycles. The summed E-state index contributed by atoms with van der Waals surface area (Å²) in [7, 11) is 1.44. The summed E-state index contributed by atoms with van der Waals surface area (Å²) < 4.78 is 13.2. The van der Waals surface area contributed by atoms with Crippen LogP contribution in [-0.4, -0.2) is 24.1 Å². The number of carbonyl (C=O) groups excluding carboxylic acids is 2. The number of likely N-dealkylation sites (N-methyl/N-ethyl adjacent to an activating group) is 1. The average molecular weight is 395 g/mol. The van der Waals surface area contributed by atoms with Gasteiger partial charge in [-0.15, -0.1) is 0 Å². The smallest absolute Gasteiger partial charge is 0.264 e. The number of nitrogens with zero attached hydrogens (tertiary/aromatic N) is 2. The van der Waals surface area contributed by atoms with Gasteiger partial charge in [-0.25, -0.2) is 4.39 Å². The predicted octanol–water partition coefficient (Wildman–Crippen LogP) is 3.31. The van der Waals surface area contributed by atoms with E-state index in [1.165, 1.54) is 35.8 Å². The number of hydrogen-bond donors (Lipinski definition) is 1. The molecule has 1 fully saturated rings. The first-order valence-electron chi connectivity index (χ1n) is 8.62. The van der Waals surface area contributed by atoms with Crippen molar-refractivity contribution in [2.75, 3.05) is 11.9 Å². The zero-order chi connectivity index (χ0) is 20.3. The Morgan fingerprint density at radius 2 is 1.86 bits per heavy atom. The van der Waals surface area contributed by atoms with Crippen LogP contribution in [0.25, 0.3) is 0 Å². The Morgan fingerprint density at radius 3 is 2.43 bits per heavy atom. The molecule has 0 bridgehead atoms. The van der Waals surface area contributed by atoms with E-state index in [1.807, 2.05) is 25.1 Å². The minimum atomic E-state index is -0.544. The number of anilines is 1. The Bertz CT molecular complexity index is 978. The third-order valence-electron chi connectivity index (χ3n) is 4.36. The maximum atomic E-state index is 13.2. The quantitative estimate of drug-likeness (QED) is 0.637. The van der Waals surface area contributed by atoms with Gasteiger partial charge in [0.25, 0.3) is 5.91 Å². The molecule has 1 atom stereocenters. The molecule has 2 amide bonds. The molecule has 142 valence electrons. The summed E-state index contributed by atoms with van der Waals surface area (Å²) in [6.07, 6.45) is 0.363. The van der Waals surface area contributed by atoms with Gasteiger partial charge in [-0.2, -0.15) is 5.26 Å². The maximum absolute atomic E-state index is 13.2. The van der Waals surface area contributed by atoms with Gasteiger partial charge in [-0.1, -0.05) is 41.6 Å². The Kier molecular flexibility index (Phi) is 5.81. The summed E-state index contributed by atoms with van der Waals surface area (Å²) >= 11 is 1.18. The highest BCUT2D eigenvalue weighted by molar-refractivity contribution is 8.05. The van der Waals surface area contributed by atoms with Crippen LogP contribution in [0.2, 0.25) is 0 Å². The third kappa shape index (κ3) is 3.92. The summed E-state index contributed by atoms with van der Waals surface area (Å²) in [4.78, 5) is 26.8. The molecule has 7 heteroatoms. The molecule has 0 spiro atoms. The van der Waals surface area contributed by atoms with Gasteiger partial charge in [0.15, 0.2) is 0 Å². The van der Waals surface area contributed by atoms with Gasteiger partial charge in [0.2, 0.25) is 5.91 Å². The van der Waals surface area contributed by atoms with Gasteiger partial charge in [-0.3, -0.25) is 14.5 Å². The molecule has 1 unspecified atom stereocenters. The van der Waals surface area contributed by atoms with E-state index in [0.29, 0.717) is 17.1 Å². The van der Waals surface area contributed by atoms with Gasteiger partial charge >= 0.3 is 0 Å². The van der Waals surface area contributed by atoms with E-state index in [-0.39, 0.29) is 17.3 Å². The van der Waals surface area contributed by atoms with E-state index in [9.17, 15) is 19.2 Å². The molecule has 1 heterocycles. The second kappa shape index (κ2) is 8.28. The largest absolute Gasteiger partial charge is 0.354 e. The number of amides is 2. The van der Waals surface area contributed by atoms with E-state index >= 15 is 0 Å². The standard InChI is InChI=1S/C21H18FN3O2S/c1-13-3-9-16(10-4-13)25-20(27)18(11-14-5-7-15(22)8-6-14)28-21(25)17(12-23)19(26)24-2/h3-10,18H,11H2,1-2H3,(H,24,26)/b21-17-. The lowest BCUT2D eigenvalue weighted by Crippen LogP contribution is -2.31. The van der Waals surface area contributed by atoms with Crippen molar-refractivity contribution in [3.63, 3.8) is 0 Å². The van der Waals surface area contributed by atoms with Crippen LogP contribution in [0.15, 0.2) is 59.1 Å². The van der Waals surface area contributed by atoms with Crippen molar-refractivity contribution in [1.29, 1.82) is 5.26 Å². The zero-order valence-corrected chi connectivity index (χ0v) is 16.2. The first-order chi connectivity index (χ1) is 13.4. The minimum absolute atomic E-state index is 0.108. The lowest BCUT2D eigenvalue weighted by Gasteiger charge is -2.18. The molecule has 0 aromatic heterocycles. The van der Waals surface area contributed by atoms with E-state index in [4.69, 9.17) is 0 Å². The topological polar surface area (TPSA) is 73.2 Å². The molecule has 1 aliphatic rings. The summed E-state index contributed by atoms with van der Waals surface area (Å²) in [6.45, 7) is 1.93. The molecule has 0 radical (unpaired) electrons. The van der Waals surface area contributed by atoms with Crippen molar-refractivity contribution in [2.24, 2.45) is 0 Å². The second-order valence-corrected chi connectivity index (χ2v) is 7.51. The number of carbonyl (C=O) groups is 2. The van der Waals surface area contributed by atoms with Crippen molar-refractivity contribution in [1.82, 2.24) is 5.32 Å². The number of benzene rings is 2. The molecule has 1 aliphatic heterocycles. The summed E-state index contributed by atoms with van der Waals surface area (Å²) in [5.74, 6) is -1.11. The molecule has 0 aliphatic carbocycles. The fraction of sp³-hybridized carbons (Fsp3) is 0.190. The molecular weight excluding hydrogens is 377 g/mol. The molecule has 1 N–H and O–H groups in total. The number of rotatable bonds is 4. The van der Waals surface area contributed by atoms with Gasteiger partial charge in [0.1, 0.15) is 22.5 Å². The van der Waals surface area contributed by atoms with E-state index < -0.39 is 11.2 Å². The normalized spacial score (nSPS) is 18.0. The van der Waals surface area contributed by atoms with E-state index in [0.717, 1.165) is 11.1 Å². The fourth-order valence-corrected chi connectivity index (χ4v) is 4.18. The highest BCUT2D eigenvalue weighted by atomic mass is 32.2.